The highest BCUT2D eigenvalue weighted by molar-refractivity contribution is 7.80. The van der Waals surface area contributed by atoms with Crippen molar-refractivity contribution < 1.29 is 39.0 Å². The van der Waals surface area contributed by atoms with Gasteiger partial charge in [0.2, 0.25) is 29.5 Å². The van der Waals surface area contributed by atoms with E-state index in [1.807, 2.05) is 5.32 Å². The second-order valence-electron chi connectivity index (χ2n) is 6.65. The zero-order chi connectivity index (χ0) is 24.3. The van der Waals surface area contributed by atoms with Crippen molar-refractivity contribution in [3.8, 4) is 0 Å². The summed E-state index contributed by atoms with van der Waals surface area (Å²) in [6, 6.07) is -5.78. The van der Waals surface area contributed by atoms with Gasteiger partial charge in [0.15, 0.2) is 6.04 Å². The first-order chi connectivity index (χ1) is 14.3. The Kier molecular flexibility index (Phi) is 12.1. The van der Waals surface area contributed by atoms with E-state index < -0.39 is 72.2 Å². The van der Waals surface area contributed by atoms with Crippen molar-refractivity contribution >= 4 is 48.1 Å². The number of nitrogens with two attached hydrogens (primary N) is 3. The third-order valence-electron chi connectivity index (χ3n) is 3.93. The van der Waals surface area contributed by atoms with Gasteiger partial charge in [-0.2, -0.15) is 12.6 Å². The number of amides is 5. The Hall–Kier alpha value is -2.91. The van der Waals surface area contributed by atoms with Crippen LogP contribution in [0.3, 0.4) is 0 Å². The fraction of sp³-hybridized carbons (Fsp3) is 0.625. The molecule has 5 amide bonds. The first-order valence-electron chi connectivity index (χ1n) is 9.05. The highest BCUT2D eigenvalue weighted by Crippen LogP contribution is 2.03. The highest BCUT2D eigenvalue weighted by Gasteiger charge is 2.32. The number of thiol groups is 1. The predicted octanol–water partition coefficient (Wildman–Crippen LogP) is -4.70. The standard InChI is InChI=1S/C16H28N6O8S/c1-6(23)12(16(29)30)22-14(27)8(2-3-10(18)24)20-15(28)9(4-11(19)25)21-13(26)7(17)5-31/h6-9,12,23,31H,2-5,17H2,1H3,(H2,18,24)(H2,19,25)(H,20,28)(H,21,26)(H,22,27)(H,29,30). The van der Waals surface area contributed by atoms with Gasteiger partial charge in [-0.05, 0) is 13.3 Å². The monoisotopic (exact) mass is 464 g/mol. The average Bonchev–Trinajstić information content (AvgIpc) is 2.66. The fourth-order valence-electron chi connectivity index (χ4n) is 2.24. The van der Waals surface area contributed by atoms with Crippen LogP contribution in [0.4, 0.5) is 0 Å². The number of carboxylic acid groups (broad SMARTS) is 1. The van der Waals surface area contributed by atoms with Crippen LogP contribution in [0.2, 0.25) is 0 Å². The SMILES string of the molecule is CC(O)C(NC(=O)C(CCC(N)=O)NC(=O)C(CC(N)=O)NC(=O)C(N)CS)C(=O)O. The van der Waals surface area contributed by atoms with Crippen LogP contribution in [-0.4, -0.2) is 81.7 Å². The maximum absolute atomic E-state index is 12.6. The van der Waals surface area contributed by atoms with Crippen LogP contribution in [-0.2, 0) is 28.8 Å². The molecule has 0 fully saturated rings. The molecular weight excluding hydrogens is 436 g/mol. The van der Waals surface area contributed by atoms with Gasteiger partial charge in [-0.15, -0.1) is 0 Å². The summed E-state index contributed by atoms with van der Waals surface area (Å²) in [4.78, 5) is 70.5. The number of carbonyl (C=O) groups excluding carboxylic acids is 5. The van der Waals surface area contributed by atoms with Crippen LogP contribution in [0.5, 0.6) is 0 Å². The maximum Gasteiger partial charge on any atom is 0.328 e. The molecule has 0 rings (SSSR count). The lowest BCUT2D eigenvalue weighted by Crippen LogP contribution is -2.59. The van der Waals surface area contributed by atoms with Gasteiger partial charge in [0.25, 0.3) is 0 Å². The Morgan fingerprint density at radius 1 is 0.903 bits per heavy atom. The smallest absolute Gasteiger partial charge is 0.328 e. The molecule has 0 saturated carbocycles. The van der Waals surface area contributed by atoms with Gasteiger partial charge in [-0.25, -0.2) is 4.79 Å². The zero-order valence-corrected chi connectivity index (χ0v) is 17.6. The van der Waals surface area contributed by atoms with Crippen LogP contribution in [0.25, 0.3) is 0 Å². The van der Waals surface area contributed by atoms with Gasteiger partial charge >= 0.3 is 5.97 Å². The van der Waals surface area contributed by atoms with Crippen molar-refractivity contribution in [2.45, 2.75) is 56.5 Å². The molecular formula is C16H28N6O8S. The van der Waals surface area contributed by atoms with Crippen molar-refractivity contribution in [3.63, 3.8) is 0 Å². The zero-order valence-electron chi connectivity index (χ0n) is 16.7. The molecule has 5 unspecified atom stereocenters. The van der Waals surface area contributed by atoms with Crippen LogP contribution in [0.15, 0.2) is 0 Å². The molecule has 0 aliphatic carbocycles. The van der Waals surface area contributed by atoms with Crippen molar-refractivity contribution in [1.82, 2.24) is 16.0 Å². The number of aliphatic hydroxyl groups is 1. The van der Waals surface area contributed by atoms with Crippen molar-refractivity contribution in [3.05, 3.63) is 0 Å². The van der Waals surface area contributed by atoms with E-state index in [9.17, 15) is 33.9 Å². The van der Waals surface area contributed by atoms with E-state index in [4.69, 9.17) is 22.3 Å². The lowest BCUT2D eigenvalue weighted by molar-refractivity contribution is -0.145. The quantitative estimate of drug-likeness (QED) is 0.112. The number of hydrogen-bond donors (Lipinski definition) is 9. The Bertz CT molecular complexity index is 704. The first-order valence-corrected chi connectivity index (χ1v) is 9.68. The number of carbonyl (C=O) groups is 6. The van der Waals surface area contributed by atoms with E-state index in [0.29, 0.717) is 0 Å². The number of primary amides is 2. The fourth-order valence-corrected chi connectivity index (χ4v) is 2.41. The molecule has 0 saturated heterocycles. The lowest BCUT2D eigenvalue weighted by Gasteiger charge is -2.25. The Balaban J connectivity index is 5.55. The second-order valence-corrected chi connectivity index (χ2v) is 7.02. The first kappa shape index (κ1) is 28.1. The molecule has 14 nitrogen and oxygen atoms in total. The van der Waals surface area contributed by atoms with Crippen molar-refractivity contribution in [2.75, 3.05) is 5.75 Å². The molecule has 5 atom stereocenters. The number of nitrogens with one attached hydrogen (secondary N) is 3. The van der Waals surface area contributed by atoms with Gasteiger partial charge in [-0.3, -0.25) is 24.0 Å². The molecule has 176 valence electrons. The van der Waals surface area contributed by atoms with E-state index >= 15 is 0 Å². The molecule has 0 aliphatic rings. The summed E-state index contributed by atoms with van der Waals surface area (Å²) in [7, 11) is 0. The van der Waals surface area contributed by atoms with E-state index in [0.717, 1.165) is 6.92 Å². The molecule has 0 aromatic carbocycles. The molecule has 0 aliphatic heterocycles. The maximum atomic E-state index is 12.6. The van der Waals surface area contributed by atoms with Crippen LogP contribution in [0, 0.1) is 0 Å². The predicted molar refractivity (Wildman–Crippen MR) is 109 cm³/mol. The summed E-state index contributed by atoms with van der Waals surface area (Å²) < 4.78 is 0. The number of rotatable bonds is 14. The van der Waals surface area contributed by atoms with Gasteiger partial charge in [0.1, 0.15) is 12.1 Å². The molecule has 0 spiro atoms. The minimum atomic E-state index is -1.70. The topological polar surface area (TPSA) is 257 Å². The molecule has 15 heteroatoms. The molecule has 0 radical (unpaired) electrons. The average molecular weight is 465 g/mol. The third-order valence-corrected chi connectivity index (χ3v) is 4.32. The Labute approximate surface area is 183 Å². The van der Waals surface area contributed by atoms with E-state index in [-0.39, 0.29) is 18.6 Å². The summed E-state index contributed by atoms with van der Waals surface area (Å²) in [5.41, 5.74) is 15.6. The van der Waals surface area contributed by atoms with Crippen LogP contribution < -0.4 is 33.2 Å². The number of aliphatic carboxylic acids is 1. The van der Waals surface area contributed by atoms with Gasteiger partial charge in [0.05, 0.1) is 18.6 Å². The molecule has 11 N–H and O–H groups in total. The summed E-state index contributed by atoms with van der Waals surface area (Å²) in [5, 5.41) is 25.0. The molecule has 0 aromatic rings. The summed E-state index contributed by atoms with van der Waals surface area (Å²) >= 11 is 3.85. The Morgan fingerprint density at radius 2 is 1.42 bits per heavy atom. The summed E-state index contributed by atoms with van der Waals surface area (Å²) in [5.74, 6) is -6.23. The molecule has 31 heavy (non-hydrogen) atoms. The summed E-state index contributed by atoms with van der Waals surface area (Å²) in [6.07, 6.45) is -2.79. The minimum absolute atomic E-state index is 0.0592. The van der Waals surface area contributed by atoms with Gasteiger partial charge in [-0.1, -0.05) is 0 Å². The molecule has 0 aromatic heterocycles. The van der Waals surface area contributed by atoms with Crippen molar-refractivity contribution in [1.29, 1.82) is 0 Å². The number of carboxylic acids is 1. The number of aliphatic hydroxyl groups excluding tert-OH is 1. The summed E-state index contributed by atoms with van der Waals surface area (Å²) in [6.45, 7) is 1.12. The van der Waals surface area contributed by atoms with Gasteiger partial charge < -0.3 is 43.4 Å². The van der Waals surface area contributed by atoms with E-state index in [2.05, 4.69) is 23.3 Å². The van der Waals surface area contributed by atoms with E-state index in [1.54, 1.807) is 0 Å². The normalized spacial score (nSPS) is 15.5. The largest absolute Gasteiger partial charge is 0.480 e. The number of hydrogen-bond acceptors (Lipinski definition) is 9. The third kappa shape index (κ3) is 10.6. The molecule has 0 heterocycles. The second kappa shape index (κ2) is 13.4. The Morgan fingerprint density at radius 3 is 1.84 bits per heavy atom. The lowest BCUT2D eigenvalue weighted by atomic mass is 10.1. The minimum Gasteiger partial charge on any atom is -0.480 e. The van der Waals surface area contributed by atoms with Crippen LogP contribution >= 0.6 is 12.6 Å². The van der Waals surface area contributed by atoms with Crippen LogP contribution in [0.1, 0.15) is 26.2 Å². The van der Waals surface area contributed by atoms with E-state index in [1.165, 1.54) is 0 Å². The van der Waals surface area contributed by atoms with Gasteiger partial charge in [0, 0.05) is 12.2 Å². The van der Waals surface area contributed by atoms with Crippen molar-refractivity contribution in [2.24, 2.45) is 17.2 Å². The highest BCUT2D eigenvalue weighted by atomic mass is 32.1. The molecule has 0 bridgehead atoms.